The number of alkyl halides is 1. The number of likely N-dealkylation sites (tertiary alicyclic amines) is 1. The topological polar surface area (TPSA) is 20.3 Å². The third-order valence-corrected chi connectivity index (χ3v) is 5.35. The Labute approximate surface area is 124 Å². The first-order valence-corrected chi connectivity index (χ1v) is 7.99. The van der Waals surface area contributed by atoms with Gasteiger partial charge < -0.3 is 4.90 Å². The van der Waals surface area contributed by atoms with E-state index in [0.717, 1.165) is 18.4 Å². The van der Waals surface area contributed by atoms with Crippen LogP contribution in [0.1, 0.15) is 26.3 Å². The summed E-state index contributed by atoms with van der Waals surface area (Å²) in [5.74, 6) is 0.812. The van der Waals surface area contributed by atoms with Gasteiger partial charge in [0.1, 0.15) is 0 Å². The number of benzene rings is 1. The zero-order valence-corrected chi connectivity index (χ0v) is 13.5. The van der Waals surface area contributed by atoms with E-state index >= 15 is 0 Å². The fraction of sp³-hybridized carbons (Fsp3) is 0.562. The molecule has 0 radical (unpaired) electrons. The van der Waals surface area contributed by atoms with Gasteiger partial charge in [-0.05, 0) is 11.5 Å². The van der Waals surface area contributed by atoms with Crippen molar-refractivity contribution in [1.29, 1.82) is 0 Å². The van der Waals surface area contributed by atoms with Gasteiger partial charge in [0, 0.05) is 29.8 Å². The molecule has 3 heteroatoms. The second-order valence-electron chi connectivity index (χ2n) is 6.19. The molecule has 104 valence electrons. The molecule has 19 heavy (non-hydrogen) atoms. The summed E-state index contributed by atoms with van der Waals surface area (Å²) in [6.07, 6.45) is 0. The van der Waals surface area contributed by atoms with E-state index in [2.05, 4.69) is 48.8 Å². The van der Waals surface area contributed by atoms with Crippen LogP contribution in [0.4, 0.5) is 0 Å². The highest BCUT2D eigenvalue weighted by atomic mass is 79.9. The molecule has 1 aromatic rings. The molecule has 0 bridgehead atoms. The van der Waals surface area contributed by atoms with Crippen LogP contribution >= 0.6 is 15.9 Å². The van der Waals surface area contributed by atoms with E-state index < -0.39 is 0 Å². The van der Waals surface area contributed by atoms with Crippen molar-refractivity contribution in [3.8, 4) is 0 Å². The average Bonchev–Trinajstić information content (AvgIpc) is 2.63. The van der Waals surface area contributed by atoms with Crippen LogP contribution in [0.25, 0.3) is 0 Å². The van der Waals surface area contributed by atoms with Crippen LogP contribution in [-0.2, 0) is 11.3 Å². The molecule has 2 atom stereocenters. The smallest absolute Gasteiger partial charge is 0.226 e. The van der Waals surface area contributed by atoms with Crippen molar-refractivity contribution < 1.29 is 4.79 Å². The monoisotopic (exact) mass is 323 g/mol. The van der Waals surface area contributed by atoms with Gasteiger partial charge in [-0.1, -0.05) is 67.0 Å². The second-order valence-corrected chi connectivity index (χ2v) is 6.75. The molecule has 2 nitrogen and oxygen atoms in total. The fourth-order valence-electron chi connectivity index (χ4n) is 3.26. The molecule has 0 spiro atoms. The van der Waals surface area contributed by atoms with Crippen molar-refractivity contribution >= 4 is 21.8 Å². The van der Waals surface area contributed by atoms with Crippen molar-refractivity contribution in [2.75, 3.05) is 11.9 Å². The molecule has 1 aliphatic heterocycles. The predicted octanol–water partition coefficient (Wildman–Crippen LogP) is 3.70. The van der Waals surface area contributed by atoms with Gasteiger partial charge in [-0.2, -0.15) is 0 Å². The van der Waals surface area contributed by atoms with Crippen LogP contribution in [0.3, 0.4) is 0 Å². The lowest BCUT2D eigenvalue weighted by Crippen LogP contribution is -2.33. The number of carbonyl (C=O) groups is 1. The summed E-state index contributed by atoms with van der Waals surface area (Å²) in [5, 5.41) is 0.875. The molecule has 0 aromatic heterocycles. The summed E-state index contributed by atoms with van der Waals surface area (Å²) >= 11 is 3.60. The summed E-state index contributed by atoms with van der Waals surface area (Å²) in [6.45, 7) is 8.08. The lowest BCUT2D eigenvalue weighted by molar-refractivity contribution is -0.133. The van der Waals surface area contributed by atoms with E-state index in [4.69, 9.17) is 0 Å². The van der Waals surface area contributed by atoms with Gasteiger partial charge in [0.15, 0.2) is 0 Å². The van der Waals surface area contributed by atoms with Crippen molar-refractivity contribution in [3.05, 3.63) is 35.9 Å². The maximum absolute atomic E-state index is 12.6. The quantitative estimate of drug-likeness (QED) is 0.773. The first-order chi connectivity index (χ1) is 8.98. The van der Waals surface area contributed by atoms with E-state index in [1.807, 2.05) is 23.1 Å². The molecule has 0 unspecified atom stereocenters. The Balaban J connectivity index is 2.18. The highest BCUT2D eigenvalue weighted by Crippen LogP contribution is 2.42. The minimum atomic E-state index is 0.0417. The number of carbonyl (C=O) groups excluding carboxylic acids is 1. The van der Waals surface area contributed by atoms with Crippen molar-refractivity contribution in [3.63, 3.8) is 0 Å². The lowest BCUT2D eigenvalue weighted by Gasteiger charge is -2.29. The Morgan fingerprint density at radius 2 is 2.00 bits per heavy atom. The Kier molecular flexibility index (Phi) is 4.34. The van der Waals surface area contributed by atoms with E-state index in [1.165, 1.54) is 5.56 Å². The van der Waals surface area contributed by atoms with E-state index in [-0.39, 0.29) is 11.3 Å². The van der Waals surface area contributed by atoms with E-state index in [1.54, 1.807) is 0 Å². The van der Waals surface area contributed by atoms with Crippen LogP contribution in [0.15, 0.2) is 30.3 Å². The molecule has 1 aliphatic rings. The number of amides is 1. The highest BCUT2D eigenvalue weighted by Gasteiger charge is 2.49. The standard InChI is InChI=1S/C16H22BrNO/c1-12(2)14-15(19)18(11-16(14,3)10-17)9-13-7-5-4-6-8-13/h4-8,12,14H,9-11H2,1-3H3/t14-,16+/m0/s1. The fourth-order valence-corrected chi connectivity index (χ4v) is 3.79. The largest absolute Gasteiger partial charge is 0.338 e. The molecular weight excluding hydrogens is 302 g/mol. The highest BCUT2D eigenvalue weighted by molar-refractivity contribution is 9.09. The normalized spacial score (nSPS) is 27.3. The van der Waals surface area contributed by atoms with Gasteiger partial charge in [-0.25, -0.2) is 0 Å². The second kappa shape index (κ2) is 5.66. The van der Waals surface area contributed by atoms with Crippen molar-refractivity contribution in [2.24, 2.45) is 17.3 Å². The molecule has 1 heterocycles. The van der Waals surface area contributed by atoms with Gasteiger partial charge in [0.05, 0.1) is 0 Å². The molecule has 1 amide bonds. The molecule has 0 aliphatic carbocycles. The van der Waals surface area contributed by atoms with Gasteiger partial charge in [-0.15, -0.1) is 0 Å². The van der Waals surface area contributed by atoms with Crippen molar-refractivity contribution in [2.45, 2.75) is 27.3 Å². The number of rotatable bonds is 4. The molecular formula is C16H22BrNO. The van der Waals surface area contributed by atoms with Crippen LogP contribution < -0.4 is 0 Å². The van der Waals surface area contributed by atoms with Crippen molar-refractivity contribution in [1.82, 2.24) is 4.90 Å². The molecule has 1 aromatic carbocycles. The Morgan fingerprint density at radius 1 is 1.37 bits per heavy atom. The zero-order valence-electron chi connectivity index (χ0n) is 11.9. The number of hydrogen-bond acceptors (Lipinski definition) is 1. The van der Waals surface area contributed by atoms with Crippen LogP contribution in [0.5, 0.6) is 0 Å². The summed E-state index contributed by atoms with van der Waals surface area (Å²) in [6, 6.07) is 10.2. The Hall–Kier alpha value is -0.830. The first kappa shape index (κ1) is 14.6. The molecule has 1 saturated heterocycles. The van der Waals surface area contributed by atoms with Gasteiger partial charge in [0.25, 0.3) is 0 Å². The summed E-state index contributed by atoms with van der Waals surface area (Å²) in [4.78, 5) is 14.6. The van der Waals surface area contributed by atoms with E-state index in [9.17, 15) is 4.79 Å². The van der Waals surface area contributed by atoms with Gasteiger partial charge >= 0.3 is 0 Å². The maximum atomic E-state index is 12.6. The molecule has 2 rings (SSSR count). The minimum Gasteiger partial charge on any atom is -0.338 e. The Morgan fingerprint density at radius 3 is 2.47 bits per heavy atom. The van der Waals surface area contributed by atoms with E-state index in [0.29, 0.717) is 11.8 Å². The first-order valence-electron chi connectivity index (χ1n) is 6.86. The zero-order chi connectivity index (χ0) is 14.0. The molecule has 1 fully saturated rings. The lowest BCUT2D eigenvalue weighted by atomic mass is 9.75. The summed E-state index contributed by atoms with van der Waals surface area (Å²) in [7, 11) is 0. The molecule has 0 N–H and O–H groups in total. The minimum absolute atomic E-state index is 0.0417. The summed E-state index contributed by atoms with van der Waals surface area (Å²) in [5.41, 5.74) is 1.25. The van der Waals surface area contributed by atoms with Crippen LogP contribution in [-0.4, -0.2) is 22.7 Å². The third-order valence-electron chi connectivity index (χ3n) is 4.07. The number of hydrogen-bond donors (Lipinski definition) is 0. The predicted molar refractivity (Wildman–Crippen MR) is 82.1 cm³/mol. The average molecular weight is 324 g/mol. The van der Waals surface area contributed by atoms with Crippen LogP contribution in [0.2, 0.25) is 0 Å². The Bertz CT molecular complexity index is 445. The third kappa shape index (κ3) is 2.86. The van der Waals surface area contributed by atoms with Crippen LogP contribution in [0, 0.1) is 17.3 Å². The SMILES string of the molecule is CC(C)[C@H]1C(=O)N(Cc2ccccc2)C[C@@]1(C)CBr. The molecule has 0 saturated carbocycles. The maximum Gasteiger partial charge on any atom is 0.226 e. The van der Waals surface area contributed by atoms with Gasteiger partial charge in [-0.3, -0.25) is 4.79 Å². The summed E-state index contributed by atoms with van der Waals surface area (Å²) < 4.78 is 0. The van der Waals surface area contributed by atoms with Gasteiger partial charge in [0.2, 0.25) is 5.91 Å². The number of halogens is 1. The number of nitrogens with zero attached hydrogens (tertiary/aromatic N) is 1.